The highest BCUT2D eigenvalue weighted by Crippen LogP contribution is 2.31. The molecule has 6 nitrogen and oxygen atoms in total. The quantitative estimate of drug-likeness (QED) is 0.369. The first kappa shape index (κ1) is 20.2. The Morgan fingerprint density at radius 2 is 2.08 bits per heavy atom. The van der Waals surface area contributed by atoms with Crippen molar-refractivity contribution < 1.29 is 4.79 Å². The Bertz CT molecular complexity index is 793. The SMILES string of the molecule is CN=C(NCc1ncccc1C)NCC1CC(=O)Nc2ccccc21.I. The summed E-state index contributed by atoms with van der Waals surface area (Å²) >= 11 is 0. The number of amides is 1. The van der Waals surface area contributed by atoms with Crippen LogP contribution in [-0.2, 0) is 11.3 Å². The van der Waals surface area contributed by atoms with E-state index in [1.807, 2.05) is 37.3 Å². The second-order valence-corrected chi connectivity index (χ2v) is 6.11. The van der Waals surface area contributed by atoms with E-state index in [9.17, 15) is 4.79 Å². The predicted molar refractivity (Wildman–Crippen MR) is 115 cm³/mol. The molecule has 7 heteroatoms. The fraction of sp³-hybridized carbons (Fsp3) is 0.316. The number of nitrogens with one attached hydrogen (secondary N) is 3. The lowest BCUT2D eigenvalue weighted by atomic mass is 9.90. The molecule has 1 aliphatic rings. The van der Waals surface area contributed by atoms with Crippen LogP contribution in [0.3, 0.4) is 0 Å². The van der Waals surface area contributed by atoms with Crippen LogP contribution in [0.15, 0.2) is 47.6 Å². The summed E-state index contributed by atoms with van der Waals surface area (Å²) in [4.78, 5) is 20.5. The number of fused-ring (bicyclic) bond motifs is 1. The second kappa shape index (κ2) is 9.51. The third-order valence-corrected chi connectivity index (χ3v) is 4.39. The number of pyridine rings is 1. The number of aryl methyl sites for hydroxylation is 1. The van der Waals surface area contributed by atoms with Gasteiger partial charge < -0.3 is 16.0 Å². The maximum Gasteiger partial charge on any atom is 0.225 e. The van der Waals surface area contributed by atoms with Crippen LogP contribution < -0.4 is 16.0 Å². The molecule has 1 aromatic heterocycles. The number of aromatic nitrogens is 1. The molecule has 1 aromatic carbocycles. The Hall–Kier alpha value is -2.16. The number of hydrogen-bond donors (Lipinski definition) is 3. The van der Waals surface area contributed by atoms with Crippen molar-refractivity contribution in [1.29, 1.82) is 0 Å². The number of carbonyl (C=O) groups is 1. The van der Waals surface area contributed by atoms with Crippen molar-refractivity contribution in [2.75, 3.05) is 18.9 Å². The summed E-state index contributed by atoms with van der Waals surface area (Å²) in [5, 5.41) is 9.52. The third-order valence-electron chi connectivity index (χ3n) is 4.39. The Morgan fingerprint density at radius 1 is 1.27 bits per heavy atom. The molecule has 26 heavy (non-hydrogen) atoms. The van der Waals surface area contributed by atoms with Crippen LogP contribution in [0.25, 0.3) is 0 Å². The van der Waals surface area contributed by atoms with Crippen molar-refractivity contribution in [2.24, 2.45) is 4.99 Å². The summed E-state index contributed by atoms with van der Waals surface area (Å²) in [5.41, 5.74) is 4.19. The number of carbonyl (C=O) groups excluding carboxylic acids is 1. The van der Waals surface area contributed by atoms with E-state index in [-0.39, 0.29) is 35.8 Å². The monoisotopic (exact) mass is 465 g/mol. The Labute approximate surface area is 170 Å². The first-order valence-electron chi connectivity index (χ1n) is 8.41. The topological polar surface area (TPSA) is 78.4 Å². The van der Waals surface area contributed by atoms with Crippen molar-refractivity contribution in [3.05, 3.63) is 59.4 Å². The minimum absolute atomic E-state index is 0. The van der Waals surface area contributed by atoms with Gasteiger partial charge in [0.2, 0.25) is 5.91 Å². The maximum absolute atomic E-state index is 11.9. The molecule has 138 valence electrons. The zero-order valence-electron chi connectivity index (χ0n) is 15.0. The van der Waals surface area contributed by atoms with E-state index in [0.29, 0.717) is 25.5 Å². The van der Waals surface area contributed by atoms with Crippen LogP contribution in [0.4, 0.5) is 5.69 Å². The first-order valence-corrected chi connectivity index (χ1v) is 8.41. The van der Waals surface area contributed by atoms with Crippen molar-refractivity contribution in [3.63, 3.8) is 0 Å². The number of nitrogens with zero attached hydrogens (tertiary/aromatic N) is 2. The summed E-state index contributed by atoms with van der Waals surface area (Å²) < 4.78 is 0. The molecular weight excluding hydrogens is 441 g/mol. The van der Waals surface area contributed by atoms with Gasteiger partial charge in [0.05, 0.1) is 12.2 Å². The van der Waals surface area contributed by atoms with Gasteiger partial charge in [0.1, 0.15) is 0 Å². The Kier molecular flexibility index (Phi) is 7.38. The summed E-state index contributed by atoms with van der Waals surface area (Å²) in [6.07, 6.45) is 2.26. The number of halogens is 1. The van der Waals surface area contributed by atoms with Gasteiger partial charge in [-0.1, -0.05) is 24.3 Å². The minimum Gasteiger partial charge on any atom is -0.356 e. The van der Waals surface area contributed by atoms with Crippen LogP contribution in [0.5, 0.6) is 0 Å². The zero-order chi connectivity index (χ0) is 17.6. The minimum atomic E-state index is 0. The molecule has 1 atom stereocenters. The number of rotatable bonds is 4. The molecule has 0 aliphatic carbocycles. The standard InChI is InChI=1S/C19H23N5O.HI/c1-13-6-5-9-21-17(13)12-23-19(20-2)22-11-14-10-18(25)24-16-8-4-3-7-15(14)16;/h3-9,14H,10-12H2,1-2H3,(H,24,25)(H2,20,22,23);1H. The van der Waals surface area contributed by atoms with E-state index < -0.39 is 0 Å². The largest absolute Gasteiger partial charge is 0.356 e. The highest BCUT2D eigenvalue weighted by molar-refractivity contribution is 14.0. The highest BCUT2D eigenvalue weighted by Gasteiger charge is 2.24. The van der Waals surface area contributed by atoms with E-state index in [2.05, 4.69) is 32.0 Å². The maximum atomic E-state index is 11.9. The molecule has 1 aliphatic heterocycles. The molecule has 0 saturated heterocycles. The van der Waals surface area contributed by atoms with Crippen molar-refractivity contribution in [1.82, 2.24) is 15.6 Å². The van der Waals surface area contributed by atoms with Crippen LogP contribution >= 0.6 is 24.0 Å². The molecular formula is C19H24IN5O. The zero-order valence-corrected chi connectivity index (χ0v) is 17.3. The van der Waals surface area contributed by atoms with E-state index >= 15 is 0 Å². The van der Waals surface area contributed by atoms with Gasteiger partial charge in [-0.3, -0.25) is 14.8 Å². The molecule has 3 rings (SSSR count). The molecule has 0 spiro atoms. The van der Waals surface area contributed by atoms with E-state index in [1.165, 1.54) is 0 Å². The molecule has 1 amide bonds. The van der Waals surface area contributed by atoms with Gasteiger partial charge in [-0.05, 0) is 30.2 Å². The van der Waals surface area contributed by atoms with Gasteiger partial charge in [-0.25, -0.2) is 0 Å². The predicted octanol–water partition coefficient (Wildman–Crippen LogP) is 2.80. The molecule has 2 aromatic rings. The number of hydrogen-bond acceptors (Lipinski definition) is 3. The fourth-order valence-corrected chi connectivity index (χ4v) is 3.00. The number of anilines is 1. The number of guanidine groups is 1. The summed E-state index contributed by atoms with van der Waals surface area (Å²) in [7, 11) is 1.74. The molecule has 1 unspecified atom stereocenters. The van der Waals surface area contributed by atoms with E-state index in [4.69, 9.17) is 0 Å². The molecule has 2 heterocycles. The second-order valence-electron chi connectivity index (χ2n) is 6.11. The van der Waals surface area contributed by atoms with Gasteiger partial charge in [0.25, 0.3) is 0 Å². The van der Waals surface area contributed by atoms with Crippen LogP contribution in [0.1, 0.15) is 29.2 Å². The lowest BCUT2D eigenvalue weighted by Gasteiger charge is -2.26. The van der Waals surface area contributed by atoms with Gasteiger partial charge in [0, 0.05) is 37.8 Å². The van der Waals surface area contributed by atoms with Crippen LogP contribution in [0.2, 0.25) is 0 Å². The smallest absolute Gasteiger partial charge is 0.225 e. The lowest BCUT2D eigenvalue weighted by Crippen LogP contribution is -2.40. The highest BCUT2D eigenvalue weighted by atomic mass is 127. The molecule has 0 saturated carbocycles. The normalized spacial score (nSPS) is 16.2. The molecule has 0 bridgehead atoms. The van der Waals surface area contributed by atoms with Crippen molar-refractivity contribution >= 4 is 41.5 Å². The van der Waals surface area contributed by atoms with Gasteiger partial charge in [0.15, 0.2) is 5.96 Å². The Morgan fingerprint density at radius 3 is 2.85 bits per heavy atom. The van der Waals surface area contributed by atoms with E-state index in [1.54, 1.807) is 13.2 Å². The lowest BCUT2D eigenvalue weighted by molar-refractivity contribution is -0.116. The number of para-hydroxylation sites is 1. The fourth-order valence-electron chi connectivity index (χ4n) is 3.00. The average Bonchev–Trinajstić information content (AvgIpc) is 2.62. The van der Waals surface area contributed by atoms with Gasteiger partial charge >= 0.3 is 0 Å². The molecule has 0 radical (unpaired) electrons. The summed E-state index contributed by atoms with van der Waals surface area (Å²) in [6.45, 7) is 3.29. The first-order chi connectivity index (χ1) is 12.2. The number of benzene rings is 1. The van der Waals surface area contributed by atoms with Crippen LogP contribution in [0, 0.1) is 6.92 Å². The van der Waals surface area contributed by atoms with Gasteiger partial charge in [-0.2, -0.15) is 0 Å². The summed E-state index contributed by atoms with van der Waals surface area (Å²) in [6, 6.07) is 11.9. The number of aliphatic imine (C=N–C) groups is 1. The summed E-state index contributed by atoms with van der Waals surface area (Å²) in [5.74, 6) is 0.881. The van der Waals surface area contributed by atoms with E-state index in [0.717, 1.165) is 22.5 Å². The van der Waals surface area contributed by atoms with Gasteiger partial charge in [-0.15, -0.1) is 24.0 Å². The molecule has 0 fully saturated rings. The average molecular weight is 465 g/mol. The molecule has 3 N–H and O–H groups in total. The third kappa shape index (κ3) is 4.94. The van der Waals surface area contributed by atoms with Crippen LogP contribution in [-0.4, -0.2) is 30.4 Å². The van der Waals surface area contributed by atoms with Crippen molar-refractivity contribution in [2.45, 2.75) is 25.8 Å². The Balaban J connectivity index is 0.00000243. The van der Waals surface area contributed by atoms with Crippen molar-refractivity contribution in [3.8, 4) is 0 Å².